The van der Waals surface area contributed by atoms with Crippen molar-refractivity contribution < 1.29 is 14.3 Å². The SMILES string of the molecule is CCOC(=O)CC(CC(=O)N1C[C@H]2CCCC[C@H]2C1)Cc1ccccc1. The van der Waals surface area contributed by atoms with Crippen LogP contribution in [0, 0.1) is 17.8 Å². The van der Waals surface area contributed by atoms with E-state index < -0.39 is 0 Å². The maximum atomic E-state index is 12.9. The molecule has 0 bridgehead atoms. The lowest BCUT2D eigenvalue weighted by Crippen LogP contribution is -2.31. The van der Waals surface area contributed by atoms with Crippen LogP contribution in [0.15, 0.2) is 30.3 Å². The zero-order valence-electron chi connectivity index (χ0n) is 15.9. The second-order valence-electron chi connectivity index (χ2n) is 7.87. The molecule has 26 heavy (non-hydrogen) atoms. The molecule has 2 fully saturated rings. The third-order valence-electron chi connectivity index (χ3n) is 5.92. The fraction of sp³-hybridized carbons (Fsp3) is 0.636. The Balaban J connectivity index is 1.60. The highest BCUT2D eigenvalue weighted by molar-refractivity contribution is 5.78. The molecular weight excluding hydrogens is 326 g/mol. The predicted molar refractivity (Wildman–Crippen MR) is 102 cm³/mol. The molecule has 1 saturated carbocycles. The van der Waals surface area contributed by atoms with Crippen molar-refractivity contribution >= 4 is 11.9 Å². The second-order valence-corrected chi connectivity index (χ2v) is 7.87. The Morgan fingerprint density at radius 3 is 2.35 bits per heavy atom. The van der Waals surface area contributed by atoms with Crippen LogP contribution in [0.1, 0.15) is 51.0 Å². The number of hydrogen-bond donors (Lipinski definition) is 0. The number of carbonyl (C=O) groups is 2. The van der Waals surface area contributed by atoms with Crippen LogP contribution in [0.5, 0.6) is 0 Å². The Morgan fingerprint density at radius 1 is 1.08 bits per heavy atom. The average molecular weight is 357 g/mol. The molecular formula is C22H31NO3. The summed E-state index contributed by atoms with van der Waals surface area (Å²) >= 11 is 0. The molecule has 4 nitrogen and oxygen atoms in total. The van der Waals surface area contributed by atoms with Gasteiger partial charge in [-0.1, -0.05) is 43.2 Å². The van der Waals surface area contributed by atoms with Crippen molar-refractivity contribution in [1.29, 1.82) is 0 Å². The molecule has 0 spiro atoms. The molecule has 1 heterocycles. The Hall–Kier alpha value is -1.84. The number of benzene rings is 1. The Morgan fingerprint density at radius 2 is 1.73 bits per heavy atom. The summed E-state index contributed by atoms with van der Waals surface area (Å²) < 4.78 is 5.13. The van der Waals surface area contributed by atoms with Gasteiger partial charge in [0.1, 0.15) is 0 Å². The summed E-state index contributed by atoms with van der Waals surface area (Å²) in [6.45, 7) is 4.05. The molecule has 1 amide bonds. The largest absolute Gasteiger partial charge is 0.466 e. The maximum Gasteiger partial charge on any atom is 0.306 e. The molecule has 1 aliphatic heterocycles. The van der Waals surface area contributed by atoms with Crippen LogP contribution in [-0.4, -0.2) is 36.5 Å². The molecule has 0 aromatic heterocycles. The number of rotatable bonds is 7. The van der Waals surface area contributed by atoms with Crippen LogP contribution in [0.2, 0.25) is 0 Å². The third kappa shape index (κ3) is 5.09. The van der Waals surface area contributed by atoms with Gasteiger partial charge in [0.05, 0.1) is 6.61 Å². The number of esters is 1. The zero-order chi connectivity index (χ0) is 18.4. The quantitative estimate of drug-likeness (QED) is 0.697. The number of amides is 1. The first-order valence-corrected chi connectivity index (χ1v) is 10.1. The summed E-state index contributed by atoms with van der Waals surface area (Å²) in [6, 6.07) is 10.1. The number of likely N-dealkylation sites (tertiary alicyclic amines) is 1. The number of fused-ring (bicyclic) bond motifs is 1. The zero-order valence-corrected chi connectivity index (χ0v) is 15.9. The van der Waals surface area contributed by atoms with Gasteiger partial charge >= 0.3 is 5.97 Å². The lowest BCUT2D eigenvalue weighted by molar-refractivity contribution is -0.144. The average Bonchev–Trinajstić information content (AvgIpc) is 3.07. The van der Waals surface area contributed by atoms with Crippen molar-refractivity contribution in [2.45, 2.75) is 51.9 Å². The smallest absolute Gasteiger partial charge is 0.306 e. The molecule has 1 aliphatic carbocycles. The van der Waals surface area contributed by atoms with Gasteiger partial charge in [-0.05, 0) is 49.5 Å². The molecule has 2 aliphatic rings. The van der Waals surface area contributed by atoms with Gasteiger partial charge in [-0.2, -0.15) is 0 Å². The van der Waals surface area contributed by atoms with E-state index in [2.05, 4.69) is 17.0 Å². The van der Waals surface area contributed by atoms with Crippen molar-refractivity contribution in [3.63, 3.8) is 0 Å². The summed E-state index contributed by atoms with van der Waals surface area (Å²) in [6.07, 6.45) is 6.65. The van der Waals surface area contributed by atoms with Crippen LogP contribution in [0.3, 0.4) is 0 Å². The minimum Gasteiger partial charge on any atom is -0.466 e. The standard InChI is InChI=1S/C22H31NO3/c1-2-26-22(25)14-18(12-17-8-4-3-5-9-17)13-21(24)23-15-19-10-6-7-11-20(19)16-23/h3-5,8-9,18-20H,2,6-7,10-16H2,1H3/t18?,19-,20+. The van der Waals surface area contributed by atoms with E-state index in [4.69, 9.17) is 4.74 Å². The summed E-state index contributed by atoms with van der Waals surface area (Å²) in [4.78, 5) is 27.0. The normalized spacial score (nSPS) is 23.3. The highest BCUT2D eigenvalue weighted by Gasteiger charge is 2.36. The Bertz CT molecular complexity index is 587. The molecule has 1 aromatic rings. The van der Waals surface area contributed by atoms with E-state index >= 15 is 0 Å². The van der Waals surface area contributed by atoms with E-state index in [-0.39, 0.29) is 17.8 Å². The molecule has 1 saturated heterocycles. The third-order valence-corrected chi connectivity index (χ3v) is 5.92. The fourth-order valence-electron chi connectivity index (χ4n) is 4.61. The van der Waals surface area contributed by atoms with Crippen LogP contribution >= 0.6 is 0 Å². The Kier molecular flexibility index (Phi) is 6.70. The van der Waals surface area contributed by atoms with Crippen LogP contribution < -0.4 is 0 Å². The van der Waals surface area contributed by atoms with Crippen molar-refractivity contribution in [1.82, 2.24) is 4.90 Å². The van der Waals surface area contributed by atoms with Gasteiger partial charge < -0.3 is 9.64 Å². The van der Waals surface area contributed by atoms with Crippen molar-refractivity contribution in [2.24, 2.45) is 17.8 Å². The minimum atomic E-state index is -0.198. The van der Waals surface area contributed by atoms with Gasteiger partial charge in [0.15, 0.2) is 0 Å². The van der Waals surface area contributed by atoms with E-state index in [1.807, 2.05) is 25.1 Å². The summed E-state index contributed by atoms with van der Waals surface area (Å²) in [5, 5.41) is 0. The monoisotopic (exact) mass is 357 g/mol. The highest BCUT2D eigenvalue weighted by atomic mass is 16.5. The highest BCUT2D eigenvalue weighted by Crippen LogP contribution is 2.36. The maximum absolute atomic E-state index is 12.9. The van der Waals surface area contributed by atoms with Crippen LogP contribution in [-0.2, 0) is 20.7 Å². The van der Waals surface area contributed by atoms with Crippen LogP contribution in [0.25, 0.3) is 0 Å². The molecule has 1 unspecified atom stereocenters. The van der Waals surface area contributed by atoms with Crippen LogP contribution in [0.4, 0.5) is 0 Å². The van der Waals surface area contributed by atoms with Gasteiger partial charge in [0, 0.05) is 25.9 Å². The van der Waals surface area contributed by atoms with Gasteiger partial charge in [-0.3, -0.25) is 9.59 Å². The van der Waals surface area contributed by atoms with E-state index in [1.165, 1.54) is 31.2 Å². The molecule has 3 rings (SSSR count). The molecule has 0 N–H and O–H groups in total. The van der Waals surface area contributed by atoms with Gasteiger partial charge in [0.2, 0.25) is 5.91 Å². The summed E-state index contributed by atoms with van der Waals surface area (Å²) in [5.74, 6) is 1.42. The molecule has 0 radical (unpaired) electrons. The number of carbonyl (C=O) groups excluding carboxylic acids is 2. The number of hydrogen-bond acceptors (Lipinski definition) is 3. The van der Waals surface area contributed by atoms with Crippen molar-refractivity contribution in [3.8, 4) is 0 Å². The fourth-order valence-corrected chi connectivity index (χ4v) is 4.61. The molecule has 4 heteroatoms. The molecule has 142 valence electrons. The topological polar surface area (TPSA) is 46.6 Å². The van der Waals surface area contributed by atoms with E-state index in [1.54, 1.807) is 0 Å². The number of ether oxygens (including phenoxy) is 1. The van der Waals surface area contributed by atoms with E-state index in [9.17, 15) is 9.59 Å². The number of nitrogens with zero attached hydrogens (tertiary/aromatic N) is 1. The van der Waals surface area contributed by atoms with Crippen molar-refractivity contribution in [2.75, 3.05) is 19.7 Å². The first kappa shape index (κ1) is 18.9. The van der Waals surface area contributed by atoms with E-state index in [0.717, 1.165) is 19.5 Å². The molecule has 1 aromatic carbocycles. The first-order valence-electron chi connectivity index (χ1n) is 10.1. The Labute approximate surface area is 156 Å². The second kappa shape index (κ2) is 9.20. The van der Waals surface area contributed by atoms with Gasteiger partial charge in [0.25, 0.3) is 0 Å². The van der Waals surface area contributed by atoms with Crippen molar-refractivity contribution in [3.05, 3.63) is 35.9 Å². The predicted octanol–water partition coefficient (Wildman–Crippen LogP) is 3.84. The minimum absolute atomic E-state index is 0.00609. The summed E-state index contributed by atoms with van der Waals surface area (Å²) in [5.41, 5.74) is 1.17. The lowest BCUT2D eigenvalue weighted by Gasteiger charge is -2.22. The summed E-state index contributed by atoms with van der Waals surface area (Å²) in [7, 11) is 0. The molecule has 3 atom stereocenters. The van der Waals surface area contributed by atoms with E-state index in [0.29, 0.717) is 31.3 Å². The first-order chi connectivity index (χ1) is 12.7. The van der Waals surface area contributed by atoms with Gasteiger partial charge in [-0.15, -0.1) is 0 Å². The van der Waals surface area contributed by atoms with Gasteiger partial charge in [-0.25, -0.2) is 0 Å². The lowest BCUT2D eigenvalue weighted by atomic mass is 9.82.